The molecule has 7 N–H and O–H groups in total. The second-order valence-electron chi connectivity index (χ2n) is 23.1. The van der Waals surface area contributed by atoms with Crippen molar-refractivity contribution in [3.63, 3.8) is 0 Å². The van der Waals surface area contributed by atoms with E-state index in [1.807, 2.05) is 45.9 Å². The quantitative estimate of drug-likeness (QED) is 0.0211. The molecule has 0 aromatic heterocycles. The maximum atomic E-state index is 14.4. The number of ether oxygens (including phenoxy) is 6. The normalized spacial score (nSPS) is 24.7. The summed E-state index contributed by atoms with van der Waals surface area (Å²) in [6, 6.07) is 6.53. The van der Waals surface area contributed by atoms with Crippen LogP contribution in [0.2, 0.25) is 10.0 Å². The summed E-state index contributed by atoms with van der Waals surface area (Å²) in [4.78, 5) is 123. The molecular weight excluding hydrogens is 1210 g/mol. The predicted octanol–water partition coefficient (Wildman–Crippen LogP) is 6.23. The van der Waals surface area contributed by atoms with E-state index >= 15 is 0 Å². The highest BCUT2D eigenvalue weighted by atomic mass is 35.5. The summed E-state index contributed by atoms with van der Waals surface area (Å²) in [6.45, 7) is 12.0. The molecule has 2 aromatic carbocycles. The Bertz CT molecular complexity index is 2990. The first-order valence-electron chi connectivity index (χ1n) is 29.3. The molecule has 27 heteroatoms. The molecule has 0 unspecified atom stereocenters. The fraction of sp³-hybridized carbons (Fsp3) is 0.574. The SMILES string of the molecule is CO[C@@H]1/C=C/C=C(\C)Cc2cc(C)c(Cl)c(c2)N(C)C(=O)C[C@H](OC(=O)Nc2ccc(CC(=O)[C@H](CCCNC(N)=O)NC(=O)[C@@H](CC(=S)NCCOCCOCCC(=O)ON3C(=O)CCC3=O)C(C)C)cc2Cl)[C@]2(C)O[C@H]2[C@H](C)[C@@H]2C[C@@]1(O)CC(=O)O2. The number of aryl methyl sites for hydroxylation is 1. The highest BCUT2D eigenvalue weighted by Gasteiger charge is 2.64. The minimum absolute atomic E-state index is 0.00103. The molecule has 0 saturated carbocycles. The van der Waals surface area contributed by atoms with Gasteiger partial charge in [-0.2, -0.15) is 0 Å². The lowest BCUT2D eigenvalue weighted by molar-refractivity contribution is -0.198. The van der Waals surface area contributed by atoms with Crippen LogP contribution < -0.4 is 31.9 Å². The number of epoxide rings is 1. The molecule has 3 fully saturated rings. The van der Waals surface area contributed by atoms with Crippen molar-refractivity contribution in [2.45, 2.75) is 154 Å². The number of rotatable bonds is 25. The van der Waals surface area contributed by atoms with Crippen LogP contribution in [0.5, 0.6) is 0 Å². The van der Waals surface area contributed by atoms with E-state index < -0.39 is 101 Å². The predicted molar refractivity (Wildman–Crippen MR) is 328 cm³/mol. The number of hydrogen-bond donors (Lipinski definition) is 6. The standard InChI is InChI=1S/C61H81Cl2N7O17S/c1-34(2)40(30-49(88)65-20-22-83-24-23-82-21-18-53(75)87-70-50(72)16-17-51(70)73)57(77)67-43(12-10-19-66-58(64)78)45(71)29-38-14-15-42(41(62)27-38)68-59(79)85-48-31-52(74)69(7)44-28-39(26-36(4)55(44)63)25-35(3)11-9-13-47(81-8)61(80)32-46(84-54(76)33-61)37(5)56-60(48,6)86-56/h9,11,13-15,26-28,34,37,40,43,46-48,56,80H,10,12,16-25,29-33H2,1-8H3,(H,65,88)(H,67,77)(H,68,79)(H3,64,66,78)/b13-9+,35-11+/t37-,40+,43+,46+,47-,48+,56+,60+,61-/m1/s1. The summed E-state index contributed by atoms with van der Waals surface area (Å²) in [6.07, 6.45) is 0.644. The monoisotopic (exact) mass is 1290 g/mol. The highest BCUT2D eigenvalue weighted by molar-refractivity contribution is 7.80. The molecule has 9 atom stereocenters. The number of methoxy groups -OCH3 is 1. The van der Waals surface area contributed by atoms with Crippen molar-refractivity contribution in [2.24, 2.45) is 23.5 Å². The minimum atomic E-state index is -1.64. The summed E-state index contributed by atoms with van der Waals surface area (Å²) in [5.74, 6) is -5.24. The first-order valence-corrected chi connectivity index (χ1v) is 30.4. The van der Waals surface area contributed by atoms with E-state index in [1.54, 1.807) is 39.1 Å². The number of halogens is 2. The van der Waals surface area contributed by atoms with E-state index in [4.69, 9.17) is 74.4 Å². The zero-order valence-corrected chi connectivity index (χ0v) is 53.2. The number of nitrogens with two attached hydrogens (primary N) is 1. The van der Waals surface area contributed by atoms with Crippen LogP contribution in [0.1, 0.15) is 109 Å². The van der Waals surface area contributed by atoms with Gasteiger partial charge in [0.05, 0.1) is 84.2 Å². The lowest BCUT2D eigenvalue weighted by Crippen LogP contribution is -2.53. The zero-order chi connectivity index (χ0) is 64.6. The Hall–Kier alpha value is -6.58. The summed E-state index contributed by atoms with van der Waals surface area (Å²) in [7, 11) is 3.03. The Morgan fingerprint density at radius 1 is 0.955 bits per heavy atom. The topological polar surface area (TPSA) is 322 Å². The minimum Gasteiger partial charge on any atom is -0.462 e. The number of aliphatic hydroxyl groups is 1. The second-order valence-corrected chi connectivity index (χ2v) is 24.4. The van der Waals surface area contributed by atoms with Gasteiger partial charge in [-0.05, 0) is 80.8 Å². The molecule has 0 aliphatic carbocycles. The van der Waals surface area contributed by atoms with Gasteiger partial charge in [-0.15, -0.1) is 5.06 Å². The number of fused-ring (bicyclic) bond motifs is 5. The van der Waals surface area contributed by atoms with Crippen molar-refractivity contribution in [3.05, 3.63) is 80.9 Å². The van der Waals surface area contributed by atoms with Crippen molar-refractivity contribution < 1.29 is 81.5 Å². The van der Waals surface area contributed by atoms with Crippen molar-refractivity contribution in [1.29, 1.82) is 0 Å². The van der Waals surface area contributed by atoms with Crippen molar-refractivity contribution in [2.75, 3.05) is 63.9 Å². The van der Waals surface area contributed by atoms with Crippen LogP contribution in [0.25, 0.3) is 0 Å². The molecule has 6 rings (SSSR count). The maximum absolute atomic E-state index is 14.4. The number of anilines is 2. The summed E-state index contributed by atoms with van der Waals surface area (Å²) in [5.41, 5.74) is 5.86. The highest BCUT2D eigenvalue weighted by Crippen LogP contribution is 2.50. The van der Waals surface area contributed by atoms with E-state index in [9.17, 15) is 48.3 Å². The fourth-order valence-electron chi connectivity index (χ4n) is 10.8. The number of nitrogens with zero attached hydrogens (tertiary/aromatic N) is 2. The molecule has 482 valence electrons. The molecule has 0 spiro atoms. The number of carbonyl (C=O) groups is 9. The van der Waals surface area contributed by atoms with Crippen molar-refractivity contribution >= 4 is 105 Å². The zero-order valence-electron chi connectivity index (χ0n) is 50.9. The number of urea groups is 1. The number of hydroxylamine groups is 2. The first-order chi connectivity index (χ1) is 41.6. The summed E-state index contributed by atoms with van der Waals surface area (Å²) in [5, 5.41) is 24.0. The lowest BCUT2D eigenvalue weighted by atomic mass is 9.78. The second kappa shape index (κ2) is 32.2. The van der Waals surface area contributed by atoms with E-state index in [0.29, 0.717) is 39.3 Å². The van der Waals surface area contributed by atoms with E-state index in [1.165, 1.54) is 24.1 Å². The van der Waals surface area contributed by atoms with Gasteiger partial charge < -0.3 is 64.9 Å². The molecule has 4 aliphatic heterocycles. The Labute approximate surface area is 527 Å². The lowest BCUT2D eigenvalue weighted by Gasteiger charge is -2.41. The Balaban J connectivity index is 1.08. The van der Waals surface area contributed by atoms with Crippen LogP contribution in [0.4, 0.5) is 21.0 Å². The fourth-order valence-corrected chi connectivity index (χ4v) is 11.6. The number of allylic oxidation sites excluding steroid dienone is 3. The Morgan fingerprint density at radius 2 is 1.66 bits per heavy atom. The van der Waals surface area contributed by atoms with Crippen molar-refractivity contribution in [1.82, 2.24) is 21.0 Å². The molecular formula is C61H81Cl2N7O17S. The summed E-state index contributed by atoms with van der Waals surface area (Å²) >= 11 is 19.2. The molecule has 3 saturated heterocycles. The van der Waals surface area contributed by atoms with Crippen LogP contribution in [0, 0.1) is 24.7 Å². The Kier molecular flexibility index (Phi) is 25.8. The molecule has 0 radical (unpaired) electrons. The average Bonchev–Trinajstić information content (AvgIpc) is 1.58. The number of esters is 1. The molecule has 4 aliphatic rings. The van der Waals surface area contributed by atoms with Gasteiger partial charge in [0.1, 0.15) is 29.5 Å². The molecule has 88 heavy (non-hydrogen) atoms. The van der Waals surface area contributed by atoms with Crippen molar-refractivity contribution in [3.8, 4) is 0 Å². The number of Topliss-reactive ketones (excluding diaryl/α,β-unsaturated/α-hetero) is 1. The van der Waals surface area contributed by atoms with Gasteiger partial charge in [0.15, 0.2) is 5.78 Å². The number of nitrogens with one attached hydrogen (secondary N) is 4. The molecule has 24 nitrogen and oxygen atoms in total. The van der Waals surface area contributed by atoms with Crippen LogP contribution in [-0.2, 0) is 79.7 Å². The van der Waals surface area contributed by atoms with Gasteiger partial charge in [-0.25, -0.2) is 14.4 Å². The molecule has 2 aromatic rings. The number of hydrogen-bond acceptors (Lipinski definition) is 18. The number of primary amides is 1. The molecule has 4 heterocycles. The third-order valence-electron chi connectivity index (χ3n) is 15.9. The van der Waals surface area contributed by atoms with Gasteiger partial charge in [0.2, 0.25) is 11.8 Å². The number of thiocarbonyl (C=S) groups is 1. The summed E-state index contributed by atoms with van der Waals surface area (Å²) < 4.78 is 35.0. The number of carbonyl (C=O) groups excluding carboxylic acids is 9. The van der Waals surface area contributed by atoms with Crippen LogP contribution in [0.15, 0.2) is 54.1 Å². The van der Waals surface area contributed by atoms with E-state index in [-0.39, 0.29) is 120 Å². The van der Waals surface area contributed by atoms with E-state index in [0.717, 1.165) is 16.7 Å². The van der Waals surface area contributed by atoms with Crippen LogP contribution in [-0.4, -0.2) is 164 Å². The first kappa shape index (κ1) is 70.5. The van der Waals surface area contributed by atoms with Crippen LogP contribution >= 0.6 is 35.4 Å². The number of imide groups is 1. The molecule has 7 amide bonds. The van der Waals surface area contributed by atoms with Gasteiger partial charge >= 0.3 is 24.1 Å². The number of benzene rings is 2. The Morgan fingerprint density at radius 3 is 2.33 bits per heavy atom. The van der Waals surface area contributed by atoms with Crippen LogP contribution in [0.3, 0.4) is 0 Å². The van der Waals surface area contributed by atoms with Gasteiger partial charge in [0, 0.05) is 71.2 Å². The van der Waals surface area contributed by atoms with E-state index in [2.05, 4.69) is 21.3 Å². The average molecular weight is 1290 g/mol. The third kappa shape index (κ3) is 19.7. The van der Waals surface area contributed by atoms with Gasteiger partial charge in [-0.1, -0.05) is 92.1 Å². The number of ketones is 1. The van der Waals surface area contributed by atoms with Gasteiger partial charge in [-0.3, -0.25) is 34.1 Å². The largest absolute Gasteiger partial charge is 0.462 e. The maximum Gasteiger partial charge on any atom is 0.412 e. The smallest absolute Gasteiger partial charge is 0.412 e. The molecule has 4 bridgehead atoms. The van der Waals surface area contributed by atoms with Gasteiger partial charge in [0.25, 0.3) is 11.8 Å². The number of amides is 7. The third-order valence-corrected chi connectivity index (χ3v) is 17.0.